The lowest BCUT2D eigenvalue weighted by atomic mass is 10.2. The molecule has 1 aromatic rings. The lowest BCUT2D eigenvalue weighted by molar-refractivity contribution is 0.478. The Bertz CT molecular complexity index is 550. The van der Waals surface area contributed by atoms with Crippen molar-refractivity contribution in [3.63, 3.8) is 0 Å². The van der Waals surface area contributed by atoms with Crippen molar-refractivity contribution in [3.05, 3.63) is 45.5 Å². The third-order valence-corrected chi connectivity index (χ3v) is 4.99. The van der Waals surface area contributed by atoms with Crippen molar-refractivity contribution in [1.29, 1.82) is 0 Å². The molecule has 5 heteroatoms. The monoisotopic (exact) mass is 293 g/mol. The standard InChI is InChI=1S/C14H16ClN3S/c1-18-14(11-3-2-4-12(11)16)19-13(17-18)9-5-7-10(15)8-6-9/h5-8,12H,2-4,16H2,1H3. The maximum absolute atomic E-state index is 6.16. The largest absolute Gasteiger partial charge is 0.324 e. The summed E-state index contributed by atoms with van der Waals surface area (Å²) in [7, 11) is 1.99. The summed E-state index contributed by atoms with van der Waals surface area (Å²) in [4.78, 5) is 0. The molecular weight excluding hydrogens is 278 g/mol. The zero-order chi connectivity index (χ0) is 13.4. The average Bonchev–Trinajstić information content (AvgIpc) is 2.96. The second-order valence-electron chi connectivity index (χ2n) is 4.87. The van der Waals surface area contributed by atoms with Crippen molar-refractivity contribution < 1.29 is 0 Å². The summed E-state index contributed by atoms with van der Waals surface area (Å²) in [5.41, 5.74) is 8.61. The van der Waals surface area contributed by atoms with E-state index < -0.39 is 0 Å². The highest BCUT2D eigenvalue weighted by atomic mass is 35.5. The van der Waals surface area contributed by atoms with Crippen LogP contribution in [0, 0.1) is 0 Å². The van der Waals surface area contributed by atoms with Crippen LogP contribution in [0.2, 0.25) is 5.02 Å². The summed E-state index contributed by atoms with van der Waals surface area (Å²) >= 11 is 7.63. The van der Waals surface area contributed by atoms with Crippen LogP contribution in [-0.4, -0.2) is 23.1 Å². The van der Waals surface area contributed by atoms with Crippen LogP contribution in [0.3, 0.4) is 0 Å². The van der Waals surface area contributed by atoms with Crippen molar-refractivity contribution in [2.24, 2.45) is 10.8 Å². The van der Waals surface area contributed by atoms with E-state index in [-0.39, 0.29) is 6.04 Å². The Hall–Kier alpha value is -0.970. The molecule has 0 aromatic heterocycles. The van der Waals surface area contributed by atoms with Crippen molar-refractivity contribution >= 4 is 28.4 Å². The van der Waals surface area contributed by atoms with Crippen LogP contribution in [0.1, 0.15) is 24.8 Å². The minimum absolute atomic E-state index is 0.199. The summed E-state index contributed by atoms with van der Waals surface area (Å²) in [6.07, 6.45) is 3.37. The highest BCUT2D eigenvalue weighted by molar-refractivity contribution is 8.17. The molecule has 0 amide bonds. The Morgan fingerprint density at radius 2 is 2.11 bits per heavy atom. The maximum Gasteiger partial charge on any atom is 0.130 e. The molecule has 0 saturated heterocycles. The molecule has 0 radical (unpaired) electrons. The molecule has 1 aliphatic carbocycles. The normalized spacial score (nSPS) is 27.0. The van der Waals surface area contributed by atoms with E-state index in [1.165, 1.54) is 17.0 Å². The maximum atomic E-state index is 6.16. The fourth-order valence-electron chi connectivity index (χ4n) is 2.48. The Labute approximate surface area is 122 Å². The lowest BCUT2D eigenvalue weighted by Gasteiger charge is -2.14. The molecule has 100 valence electrons. The SMILES string of the molecule is CN1N=C(c2ccc(Cl)cc2)SC1=C1CCCC1N. The fourth-order valence-corrected chi connectivity index (χ4v) is 3.76. The van der Waals surface area contributed by atoms with Gasteiger partial charge in [0.05, 0.1) is 5.03 Å². The molecule has 19 heavy (non-hydrogen) atoms. The molecular formula is C14H16ClN3S. The van der Waals surface area contributed by atoms with Crippen LogP contribution in [0.15, 0.2) is 40.0 Å². The minimum atomic E-state index is 0.199. The highest BCUT2D eigenvalue weighted by Gasteiger charge is 2.28. The van der Waals surface area contributed by atoms with E-state index in [9.17, 15) is 0 Å². The van der Waals surface area contributed by atoms with Gasteiger partial charge in [0.25, 0.3) is 0 Å². The van der Waals surface area contributed by atoms with Gasteiger partial charge in [0.1, 0.15) is 5.04 Å². The van der Waals surface area contributed by atoms with Crippen LogP contribution in [0.25, 0.3) is 0 Å². The van der Waals surface area contributed by atoms with Gasteiger partial charge in [-0.3, -0.25) is 5.01 Å². The molecule has 3 nitrogen and oxygen atoms in total. The van der Waals surface area contributed by atoms with Gasteiger partial charge in [0.15, 0.2) is 0 Å². The number of hydrazone groups is 1. The van der Waals surface area contributed by atoms with E-state index in [2.05, 4.69) is 5.10 Å². The number of thioether (sulfide) groups is 1. The van der Waals surface area contributed by atoms with Crippen LogP contribution >= 0.6 is 23.4 Å². The van der Waals surface area contributed by atoms with Gasteiger partial charge in [0, 0.05) is 23.7 Å². The summed E-state index contributed by atoms with van der Waals surface area (Å²) in [5, 5.41) is 9.52. The number of rotatable bonds is 1. The van der Waals surface area contributed by atoms with Crippen LogP contribution in [-0.2, 0) is 0 Å². The number of nitrogens with zero attached hydrogens (tertiary/aromatic N) is 2. The molecule has 1 fully saturated rings. The number of halogens is 1. The quantitative estimate of drug-likeness (QED) is 0.863. The van der Waals surface area contributed by atoms with Gasteiger partial charge in [-0.05, 0) is 48.7 Å². The molecule has 1 aromatic carbocycles. The van der Waals surface area contributed by atoms with Gasteiger partial charge in [-0.15, -0.1) is 0 Å². The van der Waals surface area contributed by atoms with E-state index in [0.717, 1.165) is 28.5 Å². The zero-order valence-corrected chi connectivity index (χ0v) is 12.3. The fraction of sp³-hybridized carbons (Fsp3) is 0.357. The Kier molecular flexibility index (Phi) is 3.56. The molecule has 0 bridgehead atoms. The van der Waals surface area contributed by atoms with Gasteiger partial charge in [-0.2, -0.15) is 5.10 Å². The number of hydrogen-bond acceptors (Lipinski definition) is 4. The number of benzene rings is 1. The summed E-state index contributed by atoms with van der Waals surface area (Å²) in [6, 6.07) is 8.00. The first-order valence-electron chi connectivity index (χ1n) is 6.40. The molecule has 1 aliphatic heterocycles. The average molecular weight is 294 g/mol. The molecule has 2 N–H and O–H groups in total. The minimum Gasteiger partial charge on any atom is -0.324 e. The van der Waals surface area contributed by atoms with Crippen LogP contribution in [0.4, 0.5) is 0 Å². The van der Waals surface area contributed by atoms with E-state index >= 15 is 0 Å². The molecule has 2 aliphatic rings. The zero-order valence-electron chi connectivity index (χ0n) is 10.8. The van der Waals surface area contributed by atoms with Gasteiger partial charge >= 0.3 is 0 Å². The predicted molar refractivity (Wildman–Crippen MR) is 82.2 cm³/mol. The Morgan fingerprint density at radius 1 is 1.37 bits per heavy atom. The van der Waals surface area contributed by atoms with Gasteiger partial charge < -0.3 is 5.73 Å². The summed E-state index contributed by atoms with van der Waals surface area (Å²) < 4.78 is 0. The molecule has 1 unspecified atom stereocenters. The molecule has 1 heterocycles. The summed E-state index contributed by atoms with van der Waals surface area (Å²) in [6.45, 7) is 0. The predicted octanol–water partition coefficient (Wildman–Crippen LogP) is 3.40. The lowest BCUT2D eigenvalue weighted by Crippen LogP contribution is -2.20. The molecule has 3 rings (SSSR count). The second-order valence-corrected chi connectivity index (χ2v) is 6.28. The molecule has 1 saturated carbocycles. The van der Waals surface area contributed by atoms with Crippen molar-refractivity contribution in [3.8, 4) is 0 Å². The Balaban J connectivity index is 1.88. The van der Waals surface area contributed by atoms with E-state index in [0.29, 0.717) is 0 Å². The topological polar surface area (TPSA) is 41.6 Å². The van der Waals surface area contributed by atoms with Crippen LogP contribution < -0.4 is 5.73 Å². The summed E-state index contributed by atoms with van der Waals surface area (Å²) in [5.74, 6) is 0. The van der Waals surface area contributed by atoms with Crippen molar-refractivity contribution in [2.45, 2.75) is 25.3 Å². The second kappa shape index (κ2) is 5.19. The van der Waals surface area contributed by atoms with Crippen LogP contribution in [0.5, 0.6) is 0 Å². The van der Waals surface area contributed by atoms with Gasteiger partial charge in [-0.1, -0.05) is 23.7 Å². The first-order valence-corrected chi connectivity index (χ1v) is 7.59. The van der Waals surface area contributed by atoms with E-state index in [1.54, 1.807) is 11.8 Å². The van der Waals surface area contributed by atoms with E-state index in [1.807, 2.05) is 36.3 Å². The molecule has 1 atom stereocenters. The van der Waals surface area contributed by atoms with E-state index in [4.69, 9.17) is 17.3 Å². The van der Waals surface area contributed by atoms with Crippen molar-refractivity contribution in [1.82, 2.24) is 5.01 Å². The third kappa shape index (κ3) is 2.53. The first-order chi connectivity index (χ1) is 9.15. The number of hydrogen-bond donors (Lipinski definition) is 1. The Morgan fingerprint density at radius 3 is 2.74 bits per heavy atom. The number of nitrogens with two attached hydrogens (primary N) is 1. The molecule has 0 spiro atoms. The van der Waals surface area contributed by atoms with Gasteiger partial charge in [-0.25, -0.2) is 0 Å². The van der Waals surface area contributed by atoms with Gasteiger partial charge in [0.2, 0.25) is 0 Å². The first kappa shape index (κ1) is 13.0. The highest BCUT2D eigenvalue weighted by Crippen LogP contribution is 2.39. The van der Waals surface area contributed by atoms with Crippen molar-refractivity contribution in [2.75, 3.05) is 7.05 Å². The third-order valence-electron chi connectivity index (χ3n) is 3.50. The smallest absolute Gasteiger partial charge is 0.130 e.